The number of nitro groups is 1. The molecule has 2 rings (SSSR count). The molecule has 0 radical (unpaired) electrons. The van der Waals surface area contributed by atoms with Crippen LogP contribution < -0.4 is 15.2 Å². The Bertz CT molecular complexity index is 626. The van der Waals surface area contributed by atoms with E-state index >= 15 is 0 Å². The Morgan fingerprint density at radius 2 is 1.90 bits per heavy atom. The average molecular weight is 288 g/mol. The maximum Gasteiger partial charge on any atom is 0.270 e. The van der Waals surface area contributed by atoms with Crippen LogP contribution in [0.15, 0.2) is 42.5 Å². The molecule has 0 heterocycles. The summed E-state index contributed by atoms with van der Waals surface area (Å²) in [6, 6.07) is 11.9. The number of nitrogens with two attached hydrogens (primary N) is 1. The maximum atomic E-state index is 10.7. The Hall–Kier alpha value is -2.60. The molecule has 0 amide bonds. The lowest BCUT2D eigenvalue weighted by Gasteiger charge is -2.10. The van der Waals surface area contributed by atoms with Gasteiger partial charge in [0.1, 0.15) is 18.1 Å². The van der Waals surface area contributed by atoms with Crippen LogP contribution in [0.1, 0.15) is 11.1 Å². The molecule has 0 aliphatic heterocycles. The SMILES string of the molecule is COc1ccc(COc2ccc([N+](=O)[O-])cc2CN)cc1. The van der Waals surface area contributed by atoms with Crippen LogP contribution in [0.25, 0.3) is 0 Å². The Balaban J connectivity index is 2.09. The van der Waals surface area contributed by atoms with Gasteiger partial charge < -0.3 is 15.2 Å². The lowest BCUT2D eigenvalue weighted by Crippen LogP contribution is -2.03. The van der Waals surface area contributed by atoms with Crippen LogP contribution in [0, 0.1) is 10.1 Å². The summed E-state index contributed by atoms with van der Waals surface area (Å²) in [5, 5.41) is 10.7. The van der Waals surface area contributed by atoms with E-state index in [1.165, 1.54) is 12.1 Å². The summed E-state index contributed by atoms with van der Waals surface area (Å²) in [6.45, 7) is 0.536. The van der Waals surface area contributed by atoms with Gasteiger partial charge in [0.05, 0.1) is 12.0 Å². The third-order valence-electron chi connectivity index (χ3n) is 3.03. The van der Waals surface area contributed by atoms with Gasteiger partial charge in [0.15, 0.2) is 0 Å². The van der Waals surface area contributed by atoms with Crippen molar-refractivity contribution in [2.24, 2.45) is 5.73 Å². The molecule has 0 aliphatic carbocycles. The van der Waals surface area contributed by atoms with Crippen LogP contribution in [-0.2, 0) is 13.2 Å². The van der Waals surface area contributed by atoms with Crippen molar-refractivity contribution >= 4 is 5.69 Å². The number of ether oxygens (including phenoxy) is 2. The molecular weight excluding hydrogens is 272 g/mol. The zero-order valence-electron chi connectivity index (χ0n) is 11.6. The number of hydrogen-bond donors (Lipinski definition) is 1. The smallest absolute Gasteiger partial charge is 0.270 e. The lowest BCUT2D eigenvalue weighted by atomic mass is 10.1. The molecule has 2 aromatic carbocycles. The lowest BCUT2D eigenvalue weighted by molar-refractivity contribution is -0.384. The van der Waals surface area contributed by atoms with Crippen LogP contribution in [-0.4, -0.2) is 12.0 Å². The molecule has 0 atom stereocenters. The number of non-ortho nitro benzene ring substituents is 1. The Morgan fingerprint density at radius 3 is 2.48 bits per heavy atom. The quantitative estimate of drug-likeness (QED) is 0.652. The molecular formula is C15H16N2O4. The van der Waals surface area contributed by atoms with Crippen molar-refractivity contribution in [2.75, 3.05) is 7.11 Å². The van der Waals surface area contributed by atoms with E-state index in [-0.39, 0.29) is 12.2 Å². The molecule has 0 unspecified atom stereocenters. The van der Waals surface area contributed by atoms with E-state index in [4.69, 9.17) is 15.2 Å². The summed E-state index contributed by atoms with van der Waals surface area (Å²) in [7, 11) is 1.61. The van der Waals surface area contributed by atoms with Gasteiger partial charge in [-0.2, -0.15) is 0 Å². The molecule has 0 spiro atoms. The molecule has 6 heteroatoms. The summed E-state index contributed by atoms with van der Waals surface area (Å²) < 4.78 is 10.8. The largest absolute Gasteiger partial charge is 0.497 e. The number of methoxy groups -OCH3 is 1. The van der Waals surface area contributed by atoms with Gasteiger partial charge in [0.25, 0.3) is 5.69 Å². The molecule has 6 nitrogen and oxygen atoms in total. The molecule has 110 valence electrons. The highest BCUT2D eigenvalue weighted by Crippen LogP contribution is 2.25. The predicted molar refractivity (Wildman–Crippen MR) is 78.3 cm³/mol. The van der Waals surface area contributed by atoms with Crippen molar-refractivity contribution in [3.63, 3.8) is 0 Å². The van der Waals surface area contributed by atoms with Gasteiger partial charge in [-0.15, -0.1) is 0 Å². The van der Waals surface area contributed by atoms with Gasteiger partial charge in [-0.3, -0.25) is 10.1 Å². The highest BCUT2D eigenvalue weighted by atomic mass is 16.6. The molecule has 0 aliphatic rings. The van der Waals surface area contributed by atoms with Crippen LogP contribution in [0.4, 0.5) is 5.69 Å². The van der Waals surface area contributed by atoms with Gasteiger partial charge in [-0.25, -0.2) is 0 Å². The van der Waals surface area contributed by atoms with Gasteiger partial charge in [0, 0.05) is 24.2 Å². The molecule has 0 fully saturated rings. The van der Waals surface area contributed by atoms with Crippen molar-refractivity contribution in [2.45, 2.75) is 13.2 Å². The van der Waals surface area contributed by atoms with E-state index in [2.05, 4.69) is 0 Å². The van der Waals surface area contributed by atoms with E-state index in [1.54, 1.807) is 13.2 Å². The number of hydrogen-bond acceptors (Lipinski definition) is 5. The zero-order chi connectivity index (χ0) is 15.2. The maximum absolute atomic E-state index is 10.7. The zero-order valence-corrected chi connectivity index (χ0v) is 11.6. The highest BCUT2D eigenvalue weighted by molar-refractivity contribution is 5.43. The molecule has 2 N–H and O–H groups in total. The van der Waals surface area contributed by atoms with Crippen LogP contribution in [0.5, 0.6) is 11.5 Å². The first-order valence-corrected chi connectivity index (χ1v) is 6.37. The van der Waals surface area contributed by atoms with Crippen molar-refractivity contribution < 1.29 is 14.4 Å². The second-order valence-corrected chi connectivity index (χ2v) is 4.39. The summed E-state index contributed by atoms with van der Waals surface area (Å²) in [6.07, 6.45) is 0. The fraction of sp³-hybridized carbons (Fsp3) is 0.200. The first-order valence-electron chi connectivity index (χ1n) is 6.37. The van der Waals surface area contributed by atoms with E-state index in [0.717, 1.165) is 11.3 Å². The van der Waals surface area contributed by atoms with Crippen molar-refractivity contribution in [3.8, 4) is 11.5 Å². The fourth-order valence-electron chi connectivity index (χ4n) is 1.86. The van der Waals surface area contributed by atoms with Crippen LogP contribution in [0.2, 0.25) is 0 Å². The monoisotopic (exact) mass is 288 g/mol. The van der Waals surface area contributed by atoms with Crippen LogP contribution >= 0.6 is 0 Å². The summed E-state index contributed by atoms with van der Waals surface area (Å²) in [4.78, 5) is 10.3. The average Bonchev–Trinajstić information content (AvgIpc) is 2.53. The third-order valence-corrected chi connectivity index (χ3v) is 3.03. The molecule has 0 aromatic heterocycles. The Kier molecular flexibility index (Phi) is 4.73. The Labute approximate surface area is 122 Å². The van der Waals surface area contributed by atoms with E-state index < -0.39 is 4.92 Å². The molecule has 0 saturated heterocycles. The van der Waals surface area contributed by atoms with E-state index in [0.29, 0.717) is 17.9 Å². The second-order valence-electron chi connectivity index (χ2n) is 4.39. The summed E-state index contributed by atoms with van der Waals surface area (Å²) in [5.74, 6) is 1.33. The Morgan fingerprint density at radius 1 is 1.19 bits per heavy atom. The topological polar surface area (TPSA) is 87.6 Å². The van der Waals surface area contributed by atoms with E-state index in [1.807, 2.05) is 24.3 Å². The number of rotatable bonds is 6. The third kappa shape index (κ3) is 3.70. The van der Waals surface area contributed by atoms with Crippen molar-refractivity contribution in [1.29, 1.82) is 0 Å². The first kappa shape index (κ1) is 14.8. The molecule has 0 bridgehead atoms. The number of nitro benzene ring substituents is 1. The first-order chi connectivity index (χ1) is 10.1. The minimum Gasteiger partial charge on any atom is -0.497 e. The van der Waals surface area contributed by atoms with Gasteiger partial charge in [-0.05, 0) is 23.8 Å². The van der Waals surface area contributed by atoms with Gasteiger partial charge >= 0.3 is 0 Å². The van der Waals surface area contributed by atoms with Crippen LogP contribution in [0.3, 0.4) is 0 Å². The summed E-state index contributed by atoms with van der Waals surface area (Å²) >= 11 is 0. The fourth-order valence-corrected chi connectivity index (χ4v) is 1.86. The van der Waals surface area contributed by atoms with Gasteiger partial charge in [-0.1, -0.05) is 12.1 Å². The number of nitrogens with zero attached hydrogens (tertiary/aromatic N) is 1. The second kappa shape index (κ2) is 6.71. The van der Waals surface area contributed by atoms with Gasteiger partial charge in [0.2, 0.25) is 0 Å². The highest BCUT2D eigenvalue weighted by Gasteiger charge is 2.10. The minimum atomic E-state index is -0.452. The molecule has 21 heavy (non-hydrogen) atoms. The minimum absolute atomic E-state index is 0.00671. The van der Waals surface area contributed by atoms with Crippen molar-refractivity contribution in [3.05, 3.63) is 63.7 Å². The molecule has 0 saturated carbocycles. The normalized spacial score (nSPS) is 10.2. The number of benzene rings is 2. The predicted octanol–water partition coefficient (Wildman–Crippen LogP) is 2.64. The standard InChI is InChI=1S/C15H16N2O4/c1-20-14-5-2-11(3-6-14)10-21-15-7-4-13(17(18)19)8-12(15)9-16/h2-8H,9-10,16H2,1H3. The molecule has 2 aromatic rings. The van der Waals surface area contributed by atoms with Crippen molar-refractivity contribution in [1.82, 2.24) is 0 Å². The summed E-state index contributed by atoms with van der Waals surface area (Å²) in [5.41, 5.74) is 7.19. The van der Waals surface area contributed by atoms with E-state index in [9.17, 15) is 10.1 Å².